The van der Waals surface area contributed by atoms with Crippen LogP contribution in [0.4, 0.5) is 5.82 Å². The second-order valence-corrected chi connectivity index (χ2v) is 4.93. The summed E-state index contributed by atoms with van der Waals surface area (Å²) in [4.78, 5) is 15.8. The number of nitrogens with zero attached hydrogens (tertiary/aromatic N) is 1. The number of hydrogen-bond acceptors (Lipinski definition) is 5. The van der Waals surface area contributed by atoms with Crippen LogP contribution in [0.2, 0.25) is 0 Å². The fraction of sp³-hybridized carbons (Fsp3) is 0.455. The monoisotopic (exact) mass is 254 g/mol. The molecule has 5 nitrogen and oxygen atoms in total. The summed E-state index contributed by atoms with van der Waals surface area (Å²) in [5.41, 5.74) is 2.97. The summed E-state index contributed by atoms with van der Waals surface area (Å²) in [5.74, 6) is 7.58. The van der Waals surface area contributed by atoms with Gasteiger partial charge in [0.15, 0.2) is 0 Å². The molecule has 0 saturated heterocycles. The number of carbonyl (C=O) groups is 1. The van der Waals surface area contributed by atoms with Crippen molar-refractivity contribution in [1.29, 1.82) is 0 Å². The molecule has 0 bridgehead atoms. The zero-order valence-electron chi connectivity index (χ0n) is 10.1. The Bertz CT molecular complexity index is 372. The number of rotatable bonds is 6. The van der Waals surface area contributed by atoms with Crippen LogP contribution in [0.3, 0.4) is 0 Å². The fourth-order valence-corrected chi connectivity index (χ4v) is 1.97. The smallest absolute Gasteiger partial charge is 0.251 e. The van der Waals surface area contributed by atoms with E-state index in [0.29, 0.717) is 11.4 Å². The third-order valence-electron chi connectivity index (χ3n) is 2.12. The molecule has 1 heterocycles. The Morgan fingerprint density at radius 3 is 3.06 bits per heavy atom. The van der Waals surface area contributed by atoms with E-state index >= 15 is 0 Å². The lowest BCUT2D eigenvalue weighted by atomic mass is 10.2. The Hall–Kier alpha value is -1.27. The van der Waals surface area contributed by atoms with Crippen LogP contribution in [0.1, 0.15) is 24.2 Å². The van der Waals surface area contributed by atoms with E-state index in [1.165, 1.54) is 0 Å². The summed E-state index contributed by atoms with van der Waals surface area (Å²) in [6.07, 6.45) is 1.55. The number of aromatic nitrogens is 1. The Balaban J connectivity index is 2.56. The van der Waals surface area contributed by atoms with Gasteiger partial charge in [-0.15, -0.1) is 0 Å². The van der Waals surface area contributed by atoms with E-state index in [1.54, 1.807) is 30.1 Å². The molecule has 6 heteroatoms. The van der Waals surface area contributed by atoms with Gasteiger partial charge in [-0.05, 0) is 24.8 Å². The maximum absolute atomic E-state index is 11.9. The zero-order valence-corrected chi connectivity index (χ0v) is 10.9. The lowest BCUT2D eigenvalue weighted by Gasteiger charge is -2.13. The molecule has 0 aromatic carbocycles. The number of nitrogens with one attached hydrogen (secondary N) is 2. The normalized spacial score (nSPS) is 11.9. The highest BCUT2D eigenvalue weighted by molar-refractivity contribution is 7.99. The molecule has 4 N–H and O–H groups in total. The highest BCUT2D eigenvalue weighted by atomic mass is 32.2. The number of pyridine rings is 1. The molecule has 94 valence electrons. The minimum absolute atomic E-state index is 0.104. The van der Waals surface area contributed by atoms with Crippen molar-refractivity contribution in [2.24, 2.45) is 5.84 Å². The molecule has 0 aliphatic heterocycles. The largest absolute Gasteiger partial charge is 0.349 e. The topological polar surface area (TPSA) is 80.0 Å². The van der Waals surface area contributed by atoms with Gasteiger partial charge in [-0.25, -0.2) is 10.8 Å². The molecule has 0 saturated carbocycles. The second kappa shape index (κ2) is 7.13. The van der Waals surface area contributed by atoms with Gasteiger partial charge in [-0.1, -0.05) is 6.92 Å². The van der Waals surface area contributed by atoms with Gasteiger partial charge in [0.1, 0.15) is 5.82 Å². The van der Waals surface area contributed by atoms with Crippen molar-refractivity contribution in [2.75, 3.05) is 16.9 Å². The van der Waals surface area contributed by atoms with Gasteiger partial charge in [0.05, 0.1) is 0 Å². The second-order valence-electron chi connectivity index (χ2n) is 3.61. The molecule has 17 heavy (non-hydrogen) atoms. The van der Waals surface area contributed by atoms with Gasteiger partial charge >= 0.3 is 0 Å². The molecular formula is C11H18N4OS. The highest BCUT2D eigenvalue weighted by Crippen LogP contribution is 2.07. The fourth-order valence-electron chi connectivity index (χ4n) is 1.29. The lowest BCUT2D eigenvalue weighted by molar-refractivity contribution is 0.0943. The molecular weight excluding hydrogens is 236 g/mol. The van der Waals surface area contributed by atoms with Crippen molar-refractivity contribution in [2.45, 2.75) is 19.9 Å². The average Bonchev–Trinajstić information content (AvgIpc) is 2.36. The van der Waals surface area contributed by atoms with Gasteiger partial charge in [0, 0.05) is 23.6 Å². The standard InChI is InChI=1S/C11H18N4OS/c1-3-17-7-8(2)14-11(16)9-4-5-13-10(6-9)15-12/h4-6,8H,3,7,12H2,1-2H3,(H,13,15)(H,14,16). The first kappa shape index (κ1) is 13.8. The predicted molar refractivity (Wildman–Crippen MR) is 72.0 cm³/mol. The van der Waals surface area contributed by atoms with Crippen LogP contribution in [-0.2, 0) is 0 Å². The SMILES string of the molecule is CCSCC(C)NC(=O)c1ccnc(NN)c1. The van der Waals surface area contributed by atoms with Crippen LogP contribution in [0, 0.1) is 0 Å². The van der Waals surface area contributed by atoms with Crippen LogP contribution >= 0.6 is 11.8 Å². The average molecular weight is 254 g/mol. The predicted octanol–water partition coefficient (Wildman–Crippen LogP) is 1.24. The number of thioether (sulfide) groups is 1. The number of anilines is 1. The number of amides is 1. The summed E-state index contributed by atoms with van der Waals surface area (Å²) < 4.78 is 0. The molecule has 0 aliphatic rings. The molecule has 0 fully saturated rings. The Morgan fingerprint density at radius 1 is 1.65 bits per heavy atom. The molecule has 0 spiro atoms. The molecule has 0 radical (unpaired) electrons. The minimum atomic E-state index is -0.104. The Labute approximate surface area is 106 Å². The van der Waals surface area contributed by atoms with Crippen LogP contribution in [0.25, 0.3) is 0 Å². The quantitative estimate of drug-likeness (QED) is 0.526. The molecule has 1 atom stereocenters. The molecule has 1 amide bonds. The first-order chi connectivity index (χ1) is 8.17. The maximum atomic E-state index is 11.9. The third-order valence-corrected chi connectivity index (χ3v) is 3.26. The summed E-state index contributed by atoms with van der Waals surface area (Å²) in [7, 11) is 0. The lowest BCUT2D eigenvalue weighted by Crippen LogP contribution is -2.34. The van der Waals surface area contributed by atoms with Crippen molar-refractivity contribution >= 4 is 23.5 Å². The van der Waals surface area contributed by atoms with Crippen molar-refractivity contribution in [3.05, 3.63) is 23.9 Å². The van der Waals surface area contributed by atoms with Gasteiger partial charge in [-0.3, -0.25) is 4.79 Å². The first-order valence-corrected chi connectivity index (χ1v) is 6.64. The number of carbonyl (C=O) groups excluding carboxylic acids is 1. The number of nitrogens with two attached hydrogens (primary N) is 1. The molecule has 1 unspecified atom stereocenters. The summed E-state index contributed by atoms with van der Waals surface area (Å²) in [5, 5.41) is 2.93. The van der Waals surface area contributed by atoms with Gasteiger partial charge in [-0.2, -0.15) is 11.8 Å². The Kier molecular flexibility index (Phi) is 5.79. The van der Waals surface area contributed by atoms with Crippen LogP contribution in [-0.4, -0.2) is 28.4 Å². The third kappa shape index (κ3) is 4.62. The molecule has 0 aliphatic carbocycles. The summed E-state index contributed by atoms with van der Waals surface area (Å²) in [6.45, 7) is 4.09. The van der Waals surface area contributed by atoms with Crippen LogP contribution in [0.15, 0.2) is 18.3 Å². The van der Waals surface area contributed by atoms with E-state index in [1.807, 2.05) is 6.92 Å². The minimum Gasteiger partial charge on any atom is -0.349 e. The van der Waals surface area contributed by atoms with Crippen molar-refractivity contribution in [3.63, 3.8) is 0 Å². The molecule has 1 rings (SSSR count). The van der Waals surface area contributed by atoms with Crippen molar-refractivity contribution in [1.82, 2.24) is 10.3 Å². The van der Waals surface area contributed by atoms with E-state index in [2.05, 4.69) is 22.7 Å². The highest BCUT2D eigenvalue weighted by Gasteiger charge is 2.10. The number of hydrazine groups is 1. The van der Waals surface area contributed by atoms with Crippen molar-refractivity contribution < 1.29 is 4.79 Å². The molecule has 1 aromatic heterocycles. The molecule has 1 aromatic rings. The van der Waals surface area contributed by atoms with Gasteiger partial charge in [0.25, 0.3) is 5.91 Å². The van der Waals surface area contributed by atoms with Crippen LogP contribution < -0.4 is 16.6 Å². The van der Waals surface area contributed by atoms with E-state index in [-0.39, 0.29) is 11.9 Å². The number of nitrogen functional groups attached to an aromatic ring is 1. The summed E-state index contributed by atoms with van der Waals surface area (Å²) in [6, 6.07) is 3.43. The summed E-state index contributed by atoms with van der Waals surface area (Å²) >= 11 is 1.80. The first-order valence-electron chi connectivity index (χ1n) is 5.48. The van der Waals surface area contributed by atoms with Gasteiger partial charge in [0.2, 0.25) is 0 Å². The number of hydrogen-bond donors (Lipinski definition) is 3. The Morgan fingerprint density at radius 2 is 2.41 bits per heavy atom. The van der Waals surface area contributed by atoms with E-state index < -0.39 is 0 Å². The maximum Gasteiger partial charge on any atom is 0.251 e. The van der Waals surface area contributed by atoms with E-state index in [4.69, 9.17) is 5.84 Å². The van der Waals surface area contributed by atoms with E-state index in [9.17, 15) is 4.79 Å². The van der Waals surface area contributed by atoms with E-state index in [0.717, 1.165) is 11.5 Å². The van der Waals surface area contributed by atoms with Crippen molar-refractivity contribution in [3.8, 4) is 0 Å². The van der Waals surface area contributed by atoms with Crippen LogP contribution in [0.5, 0.6) is 0 Å². The van der Waals surface area contributed by atoms with Gasteiger partial charge < -0.3 is 10.7 Å². The zero-order chi connectivity index (χ0) is 12.7.